The van der Waals surface area contributed by atoms with E-state index in [1.807, 2.05) is 48.5 Å². The summed E-state index contributed by atoms with van der Waals surface area (Å²) in [6.45, 7) is 0.344. The fraction of sp³-hybridized carbons (Fsp3) is 0.303. The average molecular weight is 714 g/mol. The van der Waals surface area contributed by atoms with Crippen molar-refractivity contribution in [2.24, 2.45) is 29.6 Å². The molecular weight excluding hydrogens is 689 g/mol. The second-order valence-corrected chi connectivity index (χ2v) is 15.1. The Morgan fingerprint density at radius 3 is 2.44 bits per heavy atom. The number of amides is 2. The van der Waals surface area contributed by atoms with Crippen LogP contribution in [0, 0.1) is 29.6 Å². The average Bonchev–Trinajstić information content (AvgIpc) is 3.75. The molecule has 1 saturated heterocycles. The van der Waals surface area contributed by atoms with Crippen molar-refractivity contribution >= 4 is 56.5 Å². The smallest absolute Gasteiger partial charge is 0.416 e. The van der Waals surface area contributed by atoms with Crippen molar-refractivity contribution in [1.82, 2.24) is 4.98 Å². The number of ether oxygens (including phenoxy) is 1. The van der Waals surface area contributed by atoms with Crippen LogP contribution in [-0.4, -0.2) is 22.0 Å². The number of thioether (sulfide) groups is 1. The van der Waals surface area contributed by atoms with Crippen molar-refractivity contribution in [3.8, 4) is 5.75 Å². The topological polar surface area (TPSA) is 79.5 Å². The van der Waals surface area contributed by atoms with E-state index in [-0.39, 0.29) is 39.5 Å². The number of benzene rings is 3. The lowest BCUT2D eigenvalue weighted by Gasteiger charge is -2.43. The number of aromatic amines is 1. The fourth-order valence-electron chi connectivity index (χ4n) is 8.07. The lowest BCUT2D eigenvalue weighted by molar-refractivity contribution is -0.137. The molecule has 2 saturated carbocycles. The van der Waals surface area contributed by atoms with Crippen molar-refractivity contribution in [2.45, 2.75) is 35.4 Å². The molecule has 4 aromatic rings. The molecule has 1 aromatic heterocycles. The van der Waals surface area contributed by atoms with Crippen LogP contribution in [0.3, 0.4) is 0 Å². The summed E-state index contributed by atoms with van der Waals surface area (Å²) >= 11 is 6.33. The van der Waals surface area contributed by atoms with Gasteiger partial charge in [0.1, 0.15) is 12.4 Å². The zero-order valence-electron chi connectivity index (χ0n) is 23.3. The Balaban J connectivity index is 1.19. The first-order chi connectivity index (χ1) is 21.6. The number of aromatic nitrogens is 1. The first-order valence-corrected chi connectivity index (χ1v) is 17.0. The molecule has 230 valence electrons. The van der Waals surface area contributed by atoms with Gasteiger partial charge in [-0.2, -0.15) is 13.2 Å². The largest absolute Gasteiger partial charge is 0.489 e. The van der Waals surface area contributed by atoms with Crippen LogP contribution >= 0.6 is 39.0 Å². The third-order valence-electron chi connectivity index (χ3n) is 9.70. The second kappa shape index (κ2) is 10.6. The van der Waals surface area contributed by atoms with Gasteiger partial charge in [0, 0.05) is 26.1 Å². The van der Waals surface area contributed by atoms with Crippen LogP contribution in [0.15, 0.2) is 87.1 Å². The molecule has 7 atom stereocenters. The van der Waals surface area contributed by atoms with E-state index in [1.165, 1.54) is 12.1 Å². The Morgan fingerprint density at radius 2 is 1.69 bits per heavy atom. The van der Waals surface area contributed by atoms with Gasteiger partial charge >= 0.3 is 11.0 Å². The van der Waals surface area contributed by atoms with Gasteiger partial charge in [0.15, 0.2) is 0 Å². The highest BCUT2D eigenvalue weighted by Crippen LogP contribution is 2.69. The van der Waals surface area contributed by atoms with E-state index in [2.05, 4.69) is 20.9 Å². The number of fused-ring (bicyclic) bond motifs is 9. The van der Waals surface area contributed by atoms with Gasteiger partial charge in [0.25, 0.3) is 0 Å². The van der Waals surface area contributed by atoms with Gasteiger partial charge in [-0.05, 0) is 66.1 Å². The maximum Gasteiger partial charge on any atom is 0.416 e. The predicted molar refractivity (Wildman–Crippen MR) is 167 cm³/mol. The Labute approximate surface area is 272 Å². The molecule has 4 aliphatic rings. The minimum atomic E-state index is -4.60. The summed E-state index contributed by atoms with van der Waals surface area (Å²) in [5.74, 6) is -2.19. The van der Waals surface area contributed by atoms with E-state index in [9.17, 15) is 27.6 Å². The molecule has 0 spiro atoms. The van der Waals surface area contributed by atoms with Gasteiger partial charge in [-0.1, -0.05) is 63.7 Å². The number of hydrogen-bond donors (Lipinski definition) is 1. The number of halogens is 4. The number of imide groups is 1. The highest BCUT2D eigenvalue weighted by molar-refractivity contribution is 9.10. The number of carbonyl (C=O) groups is 2. The summed E-state index contributed by atoms with van der Waals surface area (Å²) in [6, 6.07) is 20.0. The number of thiazole rings is 1. The minimum Gasteiger partial charge on any atom is -0.489 e. The molecule has 3 aromatic carbocycles. The Hall–Kier alpha value is -3.35. The van der Waals surface area contributed by atoms with Crippen LogP contribution in [0.4, 0.5) is 18.9 Å². The first kappa shape index (κ1) is 29.1. The number of nitrogens with zero attached hydrogens (tertiary/aromatic N) is 1. The lowest BCUT2D eigenvalue weighted by Crippen LogP contribution is -2.42. The third kappa shape index (κ3) is 4.62. The van der Waals surface area contributed by atoms with E-state index >= 15 is 0 Å². The van der Waals surface area contributed by atoms with E-state index in [4.69, 9.17) is 4.74 Å². The number of alkyl halides is 3. The summed E-state index contributed by atoms with van der Waals surface area (Å²) in [6.07, 6.45) is -3.94. The normalized spacial score (nSPS) is 28.3. The minimum absolute atomic E-state index is 0.0483. The zero-order valence-corrected chi connectivity index (χ0v) is 26.5. The van der Waals surface area contributed by atoms with E-state index in [0.29, 0.717) is 18.8 Å². The lowest BCUT2D eigenvalue weighted by atomic mass is 9.68. The Bertz CT molecular complexity index is 1910. The molecule has 2 aliphatic heterocycles. The number of hydrogen-bond acceptors (Lipinski definition) is 6. The number of anilines is 1. The maximum absolute atomic E-state index is 14.0. The third-order valence-corrected chi connectivity index (χ3v) is 12.8. The van der Waals surface area contributed by atoms with E-state index in [0.717, 1.165) is 53.9 Å². The first-order valence-electron chi connectivity index (χ1n) is 14.5. The molecule has 12 heteroatoms. The van der Waals surface area contributed by atoms with Gasteiger partial charge in [-0.25, -0.2) is 0 Å². The van der Waals surface area contributed by atoms with Crippen molar-refractivity contribution in [3.05, 3.63) is 109 Å². The zero-order chi connectivity index (χ0) is 31.2. The summed E-state index contributed by atoms with van der Waals surface area (Å²) in [7, 11) is 0. The number of rotatable bonds is 5. The summed E-state index contributed by atoms with van der Waals surface area (Å²) in [4.78, 5) is 45.3. The summed E-state index contributed by atoms with van der Waals surface area (Å²) < 4.78 is 47.8. The van der Waals surface area contributed by atoms with Crippen LogP contribution in [0.1, 0.15) is 33.9 Å². The SMILES string of the molecule is O=C1C2C(C(=O)N1c1cccc(C(F)(F)F)c1)[C@@H]1C[C@H]2C2Sc3[nH]c(=O)sc3C(c3cc(Br)ccc3OCc3ccccc3)C21. The quantitative estimate of drug-likeness (QED) is 0.217. The number of H-pyrrole nitrogens is 1. The van der Waals surface area contributed by atoms with Crippen molar-refractivity contribution < 1.29 is 27.5 Å². The molecule has 5 unspecified atom stereocenters. The van der Waals surface area contributed by atoms with Crippen LogP contribution < -0.4 is 14.5 Å². The maximum atomic E-state index is 14.0. The monoisotopic (exact) mass is 712 g/mol. The highest BCUT2D eigenvalue weighted by atomic mass is 79.9. The molecule has 8 rings (SSSR count). The molecule has 45 heavy (non-hydrogen) atoms. The van der Waals surface area contributed by atoms with Crippen LogP contribution in [0.2, 0.25) is 0 Å². The van der Waals surface area contributed by atoms with Crippen molar-refractivity contribution in [1.29, 1.82) is 0 Å². The molecule has 6 nitrogen and oxygen atoms in total. The Kier molecular flexibility index (Phi) is 6.85. The summed E-state index contributed by atoms with van der Waals surface area (Å²) in [5, 5.41) is 0.694. The fourth-order valence-corrected chi connectivity index (χ4v) is 11.3. The van der Waals surface area contributed by atoms with E-state index < -0.39 is 35.4 Å². The van der Waals surface area contributed by atoms with Crippen LogP contribution in [-0.2, 0) is 22.4 Å². The molecule has 1 N–H and O–H groups in total. The molecular formula is C33H24BrF3N2O4S2. The van der Waals surface area contributed by atoms with Gasteiger partial charge in [-0.15, -0.1) is 11.8 Å². The second-order valence-electron chi connectivity index (χ2n) is 12.0. The van der Waals surface area contributed by atoms with Gasteiger partial charge in [0.2, 0.25) is 11.8 Å². The predicted octanol–water partition coefficient (Wildman–Crippen LogP) is 7.47. The molecule has 2 aliphatic carbocycles. The molecule has 2 bridgehead atoms. The van der Waals surface area contributed by atoms with Crippen LogP contribution in [0.25, 0.3) is 0 Å². The van der Waals surface area contributed by atoms with Crippen molar-refractivity contribution in [2.75, 3.05) is 4.90 Å². The molecule has 2 amide bonds. The number of nitrogens with one attached hydrogen (secondary N) is 1. The molecule has 0 radical (unpaired) electrons. The highest BCUT2D eigenvalue weighted by Gasteiger charge is 2.70. The van der Waals surface area contributed by atoms with E-state index in [1.54, 1.807) is 11.8 Å². The van der Waals surface area contributed by atoms with Crippen molar-refractivity contribution in [3.63, 3.8) is 0 Å². The number of carbonyl (C=O) groups excluding carboxylic acids is 2. The Morgan fingerprint density at radius 1 is 0.933 bits per heavy atom. The summed E-state index contributed by atoms with van der Waals surface area (Å²) in [5.41, 5.74) is 0.939. The molecule has 3 fully saturated rings. The van der Waals surface area contributed by atoms with Crippen LogP contribution in [0.5, 0.6) is 5.75 Å². The standard InChI is InChI=1S/C33H24BrF3N2O4S2/c34-17-9-10-22(43-14-15-5-2-1-3-6-15)19(12-17)23-24-20-13-21(27(24)44-29-28(23)45-32(42)38-29)26-25(20)30(40)39(31(26)41)18-8-4-7-16(11-18)33(35,36)37/h1-12,20-21,23-27H,13-14H2,(H,38,42)/t20-,21-,23?,24?,25?,26?,27?/m1/s1. The molecule has 3 heterocycles. The van der Waals surface area contributed by atoms with Gasteiger partial charge < -0.3 is 9.72 Å². The van der Waals surface area contributed by atoms with Gasteiger partial charge in [-0.3, -0.25) is 19.3 Å². The van der Waals surface area contributed by atoms with Gasteiger partial charge in [0.05, 0.1) is 28.1 Å².